The van der Waals surface area contributed by atoms with Crippen molar-refractivity contribution in [2.24, 2.45) is 0 Å². The summed E-state index contributed by atoms with van der Waals surface area (Å²) in [6, 6.07) is 0.496. The molecule has 2 fully saturated rings. The molecule has 0 spiro atoms. The molecule has 1 unspecified atom stereocenters. The summed E-state index contributed by atoms with van der Waals surface area (Å²) in [4.78, 5) is 14.2. The van der Waals surface area contributed by atoms with Crippen LogP contribution < -0.4 is 5.32 Å². The number of nitrogens with one attached hydrogen (secondary N) is 1. The second-order valence-corrected chi connectivity index (χ2v) is 5.65. The minimum absolute atomic E-state index is 0.0191. The van der Waals surface area contributed by atoms with Crippen molar-refractivity contribution in [3.05, 3.63) is 0 Å². The fourth-order valence-corrected chi connectivity index (χ4v) is 2.97. The van der Waals surface area contributed by atoms with E-state index in [1.54, 1.807) is 0 Å². The SMILES string of the molecule is CC1NC(C)(C)CN(C2CCCC2)C1=O. The van der Waals surface area contributed by atoms with Gasteiger partial charge in [0.15, 0.2) is 0 Å². The molecule has 1 saturated carbocycles. The smallest absolute Gasteiger partial charge is 0.239 e. The van der Waals surface area contributed by atoms with Crippen LogP contribution in [0.25, 0.3) is 0 Å². The van der Waals surface area contributed by atoms with E-state index >= 15 is 0 Å². The average Bonchev–Trinajstić information content (AvgIpc) is 2.63. The highest BCUT2D eigenvalue weighted by Crippen LogP contribution is 2.27. The Morgan fingerprint density at radius 2 is 1.93 bits per heavy atom. The fourth-order valence-electron chi connectivity index (χ4n) is 2.97. The Bertz CT molecular complexity index is 256. The highest BCUT2D eigenvalue weighted by Gasteiger charge is 2.39. The summed E-state index contributed by atoms with van der Waals surface area (Å²) in [6.45, 7) is 7.20. The second-order valence-electron chi connectivity index (χ2n) is 5.65. The zero-order chi connectivity index (χ0) is 11.1. The monoisotopic (exact) mass is 210 g/mol. The zero-order valence-electron chi connectivity index (χ0n) is 10.0. The van der Waals surface area contributed by atoms with E-state index in [0.29, 0.717) is 11.9 Å². The van der Waals surface area contributed by atoms with Gasteiger partial charge in [-0.05, 0) is 33.6 Å². The van der Waals surface area contributed by atoms with Gasteiger partial charge >= 0.3 is 0 Å². The number of carbonyl (C=O) groups excluding carboxylic acids is 1. The highest BCUT2D eigenvalue weighted by atomic mass is 16.2. The van der Waals surface area contributed by atoms with Gasteiger partial charge in [-0.1, -0.05) is 12.8 Å². The molecule has 2 aliphatic rings. The molecule has 15 heavy (non-hydrogen) atoms. The molecule has 1 aliphatic heterocycles. The lowest BCUT2D eigenvalue weighted by Crippen LogP contribution is -2.65. The van der Waals surface area contributed by atoms with Crippen LogP contribution in [-0.4, -0.2) is 35.0 Å². The Morgan fingerprint density at radius 3 is 2.53 bits per heavy atom. The van der Waals surface area contributed by atoms with Crippen LogP contribution >= 0.6 is 0 Å². The largest absolute Gasteiger partial charge is 0.337 e. The molecule has 0 radical (unpaired) electrons. The van der Waals surface area contributed by atoms with Crippen molar-refractivity contribution < 1.29 is 4.79 Å². The third-order valence-corrected chi connectivity index (χ3v) is 3.59. The maximum absolute atomic E-state index is 12.1. The minimum Gasteiger partial charge on any atom is -0.337 e. The van der Waals surface area contributed by atoms with Crippen molar-refractivity contribution in [3.8, 4) is 0 Å². The van der Waals surface area contributed by atoms with Crippen molar-refractivity contribution in [2.45, 2.75) is 64.1 Å². The van der Waals surface area contributed by atoms with Crippen LogP contribution in [0.4, 0.5) is 0 Å². The lowest BCUT2D eigenvalue weighted by Gasteiger charge is -2.44. The maximum Gasteiger partial charge on any atom is 0.239 e. The summed E-state index contributed by atoms with van der Waals surface area (Å²) in [5, 5.41) is 3.37. The first kappa shape index (κ1) is 10.9. The van der Waals surface area contributed by atoms with E-state index in [2.05, 4.69) is 24.1 Å². The Kier molecular flexibility index (Phi) is 2.75. The maximum atomic E-state index is 12.1. The summed E-state index contributed by atoms with van der Waals surface area (Å²) < 4.78 is 0. The Hall–Kier alpha value is -0.570. The molecule has 1 atom stereocenters. The van der Waals surface area contributed by atoms with Crippen LogP contribution in [0.2, 0.25) is 0 Å². The number of nitrogens with zero attached hydrogens (tertiary/aromatic N) is 1. The predicted octanol–water partition coefficient (Wildman–Crippen LogP) is 1.53. The highest BCUT2D eigenvalue weighted by molar-refractivity contribution is 5.83. The van der Waals surface area contributed by atoms with Crippen LogP contribution in [0.1, 0.15) is 46.5 Å². The zero-order valence-corrected chi connectivity index (χ0v) is 10.0. The van der Waals surface area contributed by atoms with Crippen molar-refractivity contribution in [1.82, 2.24) is 10.2 Å². The number of rotatable bonds is 1. The van der Waals surface area contributed by atoms with Crippen LogP contribution in [-0.2, 0) is 4.79 Å². The van der Waals surface area contributed by atoms with E-state index in [1.807, 2.05) is 6.92 Å². The van der Waals surface area contributed by atoms with E-state index in [0.717, 1.165) is 6.54 Å². The molecular formula is C12H22N2O. The summed E-state index contributed by atoms with van der Waals surface area (Å²) >= 11 is 0. The van der Waals surface area contributed by atoms with Gasteiger partial charge in [0, 0.05) is 18.1 Å². The average molecular weight is 210 g/mol. The number of carbonyl (C=O) groups is 1. The van der Waals surface area contributed by atoms with Crippen LogP contribution in [0.15, 0.2) is 0 Å². The summed E-state index contributed by atoms with van der Waals surface area (Å²) in [7, 11) is 0. The molecule has 1 N–H and O–H groups in total. The van der Waals surface area contributed by atoms with E-state index in [-0.39, 0.29) is 11.6 Å². The van der Waals surface area contributed by atoms with Gasteiger partial charge in [0.25, 0.3) is 0 Å². The van der Waals surface area contributed by atoms with Gasteiger partial charge in [-0.3, -0.25) is 10.1 Å². The topological polar surface area (TPSA) is 32.3 Å². The molecule has 1 aliphatic carbocycles. The first-order chi connectivity index (χ1) is 6.99. The third-order valence-electron chi connectivity index (χ3n) is 3.59. The van der Waals surface area contributed by atoms with Crippen molar-refractivity contribution in [2.75, 3.05) is 6.54 Å². The lowest BCUT2D eigenvalue weighted by molar-refractivity contribution is -0.140. The molecule has 0 aromatic heterocycles. The molecule has 2 rings (SSSR count). The van der Waals surface area contributed by atoms with E-state index in [9.17, 15) is 4.79 Å². The molecule has 3 heteroatoms. The molecule has 1 amide bonds. The van der Waals surface area contributed by atoms with Gasteiger partial charge in [-0.15, -0.1) is 0 Å². The number of amides is 1. The van der Waals surface area contributed by atoms with Crippen LogP contribution in [0.5, 0.6) is 0 Å². The van der Waals surface area contributed by atoms with Crippen molar-refractivity contribution in [1.29, 1.82) is 0 Å². The van der Waals surface area contributed by atoms with Gasteiger partial charge in [-0.2, -0.15) is 0 Å². The number of hydrogen-bond acceptors (Lipinski definition) is 2. The van der Waals surface area contributed by atoms with Crippen LogP contribution in [0, 0.1) is 0 Å². The van der Waals surface area contributed by atoms with Gasteiger partial charge in [0.1, 0.15) is 0 Å². The molecular weight excluding hydrogens is 188 g/mol. The van der Waals surface area contributed by atoms with E-state index in [4.69, 9.17) is 0 Å². The van der Waals surface area contributed by atoms with Gasteiger partial charge in [-0.25, -0.2) is 0 Å². The molecule has 86 valence electrons. The molecule has 0 bridgehead atoms. The quantitative estimate of drug-likeness (QED) is 0.712. The van der Waals surface area contributed by atoms with Gasteiger partial charge in [0.05, 0.1) is 6.04 Å². The summed E-state index contributed by atoms with van der Waals surface area (Å²) in [6.07, 6.45) is 4.98. The van der Waals surface area contributed by atoms with Crippen molar-refractivity contribution >= 4 is 5.91 Å². The number of piperazine rings is 1. The lowest BCUT2D eigenvalue weighted by atomic mass is 9.96. The van der Waals surface area contributed by atoms with Gasteiger partial charge < -0.3 is 4.90 Å². The number of hydrogen-bond donors (Lipinski definition) is 1. The van der Waals surface area contributed by atoms with Crippen LogP contribution in [0.3, 0.4) is 0 Å². The summed E-state index contributed by atoms with van der Waals surface area (Å²) in [5.74, 6) is 0.293. The van der Waals surface area contributed by atoms with E-state index in [1.165, 1.54) is 25.7 Å². The molecule has 1 heterocycles. The Morgan fingerprint density at radius 1 is 1.33 bits per heavy atom. The fraction of sp³-hybridized carbons (Fsp3) is 0.917. The Labute approximate surface area is 92.2 Å². The summed E-state index contributed by atoms with van der Waals surface area (Å²) in [5.41, 5.74) is 0.0654. The molecule has 1 saturated heterocycles. The second kappa shape index (κ2) is 3.78. The standard InChI is InChI=1S/C12H22N2O/c1-9-11(15)14(8-12(2,3)13-9)10-6-4-5-7-10/h9-10,13H,4-8H2,1-3H3. The molecule has 3 nitrogen and oxygen atoms in total. The third kappa shape index (κ3) is 2.17. The first-order valence-corrected chi connectivity index (χ1v) is 6.08. The molecule has 0 aromatic rings. The van der Waals surface area contributed by atoms with Crippen molar-refractivity contribution in [3.63, 3.8) is 0 Å². The Balaban J connectivity index is 2.11. The molecule has 0 aromatic carbocycles. The normalized spacial score (nSPS) is 32.3. The van der Waals surface area contributed by atoms with Gasteiger partial charge in [0.2, 0.25) is 5.91 Å². The predicted molar refractivity (Wildman–Crippen MR) is 60.6 cm³/mol. The van der Waals surface area contributed by atoms with E-state index < -0.39 is 0 Å². The first-order valence-electron chi connectivity index (χ1n) is 6.08. The minimum atomic E-state index is -0.0191.